The Kier molecular flexibility index (Phi) is 6.32. The highest BCUT2D eigenvalue weighted by Crippen LogP contribution is 2.26. The largest absolute Gasteiger partial charge is 0.492 e. The number of para-hydroxylation sites is 2. The average Bonchev–Trinajstić information content (AvgIpc) is 3.21. The van der Waals surface area contributed by atoms with Crippen LogP contribution in [0.25, 0.3) is 5.69 Å². The molecule has 0 aliphatic heterocycles. The summed E-state index contributed by atoms with van der Waals surface area (Å²) in [7, 11) is 0. The second-order valence-electron chi connectivity index (χ2n) is 6.18. The molecule has 3 rings (SSSR count). The number of nitrogens with one attached hydrogen (secondary N) is 1. The molecule has 0 bridgehead atoms. The molecule has 0 saturated heterocycles. The van der Waals surface area contributed by atoms with Crippen LogP contribution in [0.5, 0.6) is 11.6 Å². The number of hydrogen-bond acceptors (Lipinski definition) is 6. The van der Waals surface area contributed by atoms with Gasteiger partial charge in [-0.3, -0.25) is 5.43 Å². The molecule has 3 aromatic rings. The van der Waals surface area contributed by atoms with E-state index in [1.807, 2.05) is 49.6 Å². The van der Waals surface area contributed by atoms with Crippen molar-refractivity contribution < 1.29 is 14.3 Å². The van der Waals surface area contributed by atoms with E-state index in [1.54, 1.807) is 29.1 Å². The quantitative estimate of drug-likeness (QED) is 0.320. The van der Waals surface area contributed by atoms with Crippen LogP contribution < -0.4 is 31.6 Å². The lowest BCUT2D eigenvalue weighted by atomic mass is 10.1. The van der Waals surface area contributed by atoms with Gasteiger partial charge in [0.05, 0.1) is 12.3 Å². The maximum atomic E-state index is 11.8. The number of aryl methyl sites for hydroxylation is 1. The SMILES string of the molecule is CCOc1ccccc1-n1ccc(OCc2c(C)cccc2N(N)C(=O)NN)n1. The second kappa shape index (κ2) is 9.09. The molecular formula is C20H24N6O3. The molecule has 0 spiro atoms. The molecule has 0 radical (unpaired) electrons. The Morgan fingerprint density at radius 1 is 1.17 bits per heavy atom. The molecule has 29 heavy (non-hydrogen) atoms. The number of hydrogen-bond donors (Lipinski definition) is 3. The smallest absolute Gasteiger partial charge is 0.350 e. The molecule has 0 aliphatic rings. The number of hydrazine groups is 2. The van der Waals surface area contributed by atoms with Gasteiger partial charge in [0.25, 0.3) is 0 Å². The number of amides is 2. The van der Waals surface area contributed by atoms with Crippen molar-refractivity contribution in [3.8, 4) is 17.3 Å². The molecule has 9 heteroatoms. The van der Waals surface area contributed by atoms with Gasteiger partial charge in [-0.15, -0.1) is 5.10 Å². The van der Waals surface area contributed by atoms with Gasteiger partial charge >= 0.3 is 6.03 Å². The summed E-state index contributed by atoms with van der Waals surface area (Å²) in [5.74, 6) is 12.2. The van der Waals surface area contributed by atoms with E-state index in [4.69, 9.17) is 21.2 Å². The summed E-state index contributed by atoms with van der Waals surface area (Å²) in [6, 6.07) is 14.2. The molecule has 1 heterocycles. The van der Waals surface area contributed by atoms with E-state index >= 15 is 0 Å². The molecule has 0 atom stereocenters. The molecule has 0 saturated carbocycles. The summed E-state index contributed by atoms with van der Waals surface area (Å²) in [6.07, 6.45) is 1.79. The fourth-order valence-corrected chi connectivity index (χ4v) is 2.87. The second-order valence-corrected chi connectivity index (χ2v) is 6.18. The van der Waals surface area contributed by atoms with Crippen LogP contribution in [0.3, 0.4) is 0 Å². The lowest BCUT2D eigenvalue weighted by Gasteiger charge is -2.20. The number of carbonyl (C=O) groups excluding carboxylic acids is 1. The van der Waals surface area contributed by atoms with Gasteiger partial charge in [-0.2, -0.15) is 0 Å². The Bertz CT molecular complexity index is 988. The summed E-state index contributed by atoms with van der Waals surface area (Å²) >= 11 is 0. The number of benzene rings is 2. The first-order valence-corrected chi connectivity index (χ1v) is 9.09. The van der Waals surface area contributed by atoms with Crippen LogP contribution >= 0.6 is 0 Å². The minimum atomic E-state index is -0.631. The molecule has 9 nitrogen and oxygen atoms in total. The summed E-state index contributed by atoms with van der Waals surface area (Å²) in [6.45, 7) is 4.58. The lowest BCUT2D eigenvalue weighted by Crippen LogP contribution is -2.48. The summed E-state index contributed by atoms with van der Waals surface area (Å²) in [4.78, 5) is 11.8. The fourth-order valence-electron chi connectivity index (χ4n) is 2.87. The molecule has 5 N–H and O–H groups in total. The number of ether oxygens (including phenoxy) is 2. The van der Waals surface area contributed by atoms with Crippen molar-refractivity contribution in [2.75, 3.05) is 11.6 Å². The Balaban J connectivity index is 1.80. The van der Waals surface area contributed by atoms with E-state index in [2.05, 4.69) is 5.10 Å². The van der Waals surface area contributed by atoms with Crippen molar-refractivity contribution in [3.05, 3.63) is 65.9 Å². The predicted molar refractivity (Wildman–Crippen MR) is 110 cm³/mol. The van der Waals surface area contributed by atoms with Gasteiger partial charge in [0.2, 0.25) is 5.88 Å². The predicted octanol–water partition coefficient (Wildman–Crippen LogP) is 2.42. The third-order valence-corrected chi connectivity index (χ3v) is 4.33. The highest BCUT2D eigenvalue weighted by atomic mass is 16.5. The maximum Gasteiger partial charge on any atom is 0.350 e. The van der Waals surface area contributed by atoms with Gasteiger partial charge in [0.1, 0.15) is 18.0 Å². The molecule has 2 aromatic carbocycles. The molecule has 0 aliphatic carbocycles. The van der Waals surface area contributed by atoms with Crippen molar-refractivity contribution >= 4 is 11.7 Å². The van der Waals surface area contributed by atoms with E-state index in [1.165, 1.54) is 0 Å². The van der Waals surface area contributed by atoms with Gasteiger partial charge in [-0.1, -0.05) is 24.3 Å². The highest BCUT2D eigenvalue weighted by Gasteiger charge is 2.17. The number of rotatable bonds is 7. The first kappa shape index (κ1) is 20.2. The van der Waals surface area contributed by atoms with Gasteiger partial charge < -0.3 is 9.47 Å². The first-order chi connectivity index (χ1) is 14.0. The van der Waals surface area contributed by atoms with Crippen LogP contribution in [-0.2, 0) is 6.61 Å². The van der Waals surface area contributed by atoms with Gasteiger partial charge in [-0.25, -0.2) is 26.2 Å². The summed E-state index contributed by atoms with van der Waals surface area (Å²) in [5.41, 5.74) is 5.00. The minimum Gasteiger partial charge on any atom is -0.492 e. The number of nitrogens with two attached hydrogens (primary N) is 2. The molecule has 2 amide bonds. The topological polar surface area (TPSA) is 121 Å². The summed E-state index contributed by atoms with van der Waals surface area (Å²) in [5, 5.41) is 5.41. The number of nitrogens with zero attached hydrogens (tertiary/aromatic N) is 3. The molecule has 152 valence electrons. The zero-order valence-corrected chi connectivity index (χ0v) is 16.3. The fraction of sp³-hybridized carbons (Fsp3) is 0.200. The van der Waals surface area contributed by atoms with Gasteiger partial charge in [-0.05, 0) is 37.6 Å². The Morgan fingerprint density at radius 2 is 1.97 bits per heavy atom. The molecule has 0 fully saturated rings. The van der Waals surface area contributed by atoms with E-state index in [9.17, 15) is 4.79 Å². The van der Waals surface area contributed by atoms with Crippen LogP contribution in [-0.4, -0.2) is 22.4 Å². The molecule has 1 aromatic heterocycles. The minimum absolute atomic E-state index is 0.178. The van der Waals surface area contributed by atoms with Crippen molar-refractivity contribution in [1.82, 2.24) is 15.2 Å². The molecule has 0 unspecified atom stereocenters. The number of urea groups is 1. The van der Waals surface area contributed by atoms with Crippen molar-refractivity contribution in [2.45, 2.75) is 20.5 Å². The maximum absolute atomic E-state index is 11.8. The Morgan fingerprint density at radius 3 is 2.72 bits per heavy atom. The van der Waals surface area contributed by atoms with Crippen LogP contribution in [0.15, 0.2) is 54.7 Å². The van der Waals surface area contributed by atoms with E-state index in [0.29, 0.717) is 18.2 Å². The van der Waals surface area contributed by atoms with Crippen molar-refractivity contribution in [3.63, 3.8) is 0 Å². The average molecular weight is 396 g/mol. The van der Waals surface area contributed by atoms with E-state index in [-0.39, 0.29) is 6.61 Å². The van der Waals surface area contributed by atoms with Crippen LogP contribution in [0.1, 0.15) is 18.1 Å². The number of aromatic nitrogens is 2. The number of carbonyl (C=O) groups is 1. The van der Waals surface area contributed by atoms with Crippen LogP contribution in [0.2, 0.25) is 0 Å². The van der Waals surface area contributed by atoms with Crippen LogP contribution in [0.4, 0.5) is 10.5 Å². The Hall–Kier alpha value is -3.56. The van der Waals surface area contributed by atoms with Gasteiger partial charge in [0.15, 0.2) is 0 Å². The lowest BCUT2D eigenvalue weighted by molar-refractivity contribution is 0.246. The third-order valence-electron chi connectivity index (χ3n) is 4.33. The number of anilines is 1. The summed E-state index contributed by atoms with van der Waals surface area (Å²) < 4.78 is 13.2. The van der Waals surface area contributed by atoms with Crippen molar-refractivity contribution in [1.29, 1.82) is 0 Å². The van der Waals surface area contributed by atoms with Crippen molar-refractivity contribution in [2.24, 2.45) is 11.7 Å². The zero-order valence-electron chi connectivity index (χ0n) is 16.3. The zero-order chi connectivity index (χ0) is 20.8. The third kappa shape index (κ3) is 4.48. The standard InChI is InChI=1S/C20H24N6O3/c1-3-28-18-10-5-4-8-17(18)25-12-11-19(24-25)29-13-15-14(2)7-6-9-16(15)26(22)20(27)23-21/h4-12H,3,13,21-22H2,1-2H3,(H,23,27). The Labute approximate surface area is 168 Å². The monoisotopic (exact) mass is 396 g/mol. The van der Waals surface area contributed by atoms with E-state index < -0.39 is 6.03 Å². The molecular weight excluding hydrogens is 372 g/mol. The normalized spacial score (nSPS) is 10.5. The van der Waals surface area contributed by atoms with E-state index in [0.717, 1.165) is 27.6 Å². The van der Waals surface area contributed by atoms with Gasteiger partial charge in [0, 0.05) is 17.8 Å². The highest BCUT2D eigenvalue weighted by molar-refractivity contribution is 5.91. The van der Waals surface area contributed by atoms with Crippen LogP contribution in [0, 0.1) is 6.92 Å². The first-order valence-electron chi connectivity index (χ1n) is 9.09.